The van der Waals surface area contributed by atoms with Gasteiger partial charge in [-0.05, 0) is 11.5 Å². The zero-order chi connectivity index (χ0) is 10.4. The summed E-state index contributed by atoms with van der Waals surface area (Å²) in [7, 11) is 0. The molecule has 1 aliphatic heterocycles. The Hall–Kier alpha value is -1.96. The third-order valence-electron chi connectivity index (χ3n) is 2.09. The monoisotopic (exact) mass is 224 g/mol. The molecule has 1 aliphatic rings. The van der Waals surface area contributed by atoms with Gasteiger partial charge >= 0.3 is 5.97 Å². The summed E-state index contributed by atoms with van der Waals surface area (Å²) in [6.07, 6.45) is 0. The van der Waals surface area contributed by atoms with E-state index in [1.54, 1.807) is 0 Å². The lowest BCUT2D eigenvalue weighted by molar-refractivity contribution is 0.0687. The molecule has 0 saturated carbocycles. The summed E-state index contributed by atoms with van der Waals surface area (Å²) < 4.78 is 8.74. The second-order valence-corrected chi connectivity index (χ2v) is 3.70. The average molecular weight is 224 g/mol. The normalized spacial score (nSPS) is 12.8. The molecule has 0 fully saturated rings. The maximum atomic E-state index is 10.8. The zero-order valence-electron chi connectivity index (χ0n) is 7.22. The predicted octanol–water partition coefficient (Wildman–Crippen LogP) is 0.817. The van der Waals surface area contributed by atoms with Crippen molar-refractivity contribution in [2.75, 3.05) is 5.32 Å². The van der Waals surface area contributed by atoms with E-state index in [1.165, 1.54) is 11.5 Å². The number of carbonyl (C=O) groups is 1. The van der Waals surface area contributed by atoms with E-state index in [4.69, 9.17) is 9.63 Å². The van der Waals surface area contributed by atoms with E-state index >= 15 is 0 Å². The fourth-order valence-corrected chi connectivity index (χ4v) is 2.09. The third-order valence-corrected chi connectivity index (χ3v) is 2.86. The van der Waals surface area contributed by atoms with Crippen LogP contribution in [0.15, 0.2) is 4.52 Å². The molecule has 0 aromatic carbocycles. The number of carboxylic acids is 1. The number of aromatic nitrogens is 3. The smallest absolute Gasteiger partial charge is 0.360 e. The Morgan fingerprint density at radius 1 is 1.60 bits per heavy atom. The van der Waals surface area contributed by atoms with Gasteiger partial charge in [-0.3, -0.25) is 0 Å². The number of nitrogens with one attached hydrogen (secondary N) is 1. The largest absolute Gasteiger partial charge is 0.476 e. The van der Waals surface area contributed by atoms with Gasteiger partial charge in [-0.2, -0.15) is 0 Å². The maximum Gasteiger partial charge on any atom is 0.360 e. The molecule has 0 aliphatic carbocycles. The molecular formula is C7H4N4O3S. The van der Waals surface area contributed by atoms with E-state index in [2.05, 4.69) is 20.1 Å². The topological polar surface area (TPSA) is 101 Å². The Labute approximate surface area is 86.9 Å². The minimum atomic E-state index is -1.12. The molecule has 76 valence electrons. The standard InChI is InChI=1S/C7H4N4O3S/c12-7(13)4-3-5(14-10-4)6-2(1-8-3)9-11-15-6/h8H,1H2,(H,12,13). The Balaban J connectivity index is 2.23. The van der Waals surface area contributed by atoms with Gasteiger partial charge in [0.1, 0.15) is 16.3 Å². The minimum Gasteiger partial charge on any atom is -0.476 e. The van der Waals surface area contributed by atoms with Crippen molar-refractivity contribution in [2.45, 2.75) is 6.54 Å². The van der Waals surface area contributed by atoms with E-state index in [9.17, 15) is 4.79 Å². The van der Waals surface area contributed by atoms with Gasteiger partial charge in [-0.1, -0.05) is 9.64 Å². The zero-order valence-corrected chi connectivity index (χ0v) is 8.04. The van der Waals surface area contributed by atoms with Gasteiger partial charge in [0.15, 0.2) is 0 Å². The molecular weight excluding hydrogens is 220 g/mol. The average Bonchev–Trinajstić information content (AvgIpc) is 2.82. The molecule has 3 rings (SSSR count). The lowest BCUT2D eigenvalue weighted by Crippen LogP contribution is -2.10. The highest BCUT2D eigenvalue weighted by molar-refractivity contribution is 7.09. The van der Waals surface area contributed by atoms with Crippen molar-refractivity contribution < 1.29 is 14.4 Å². The molecule has 15 heavy (non-hydrogen) atoms. The molecule has 0 spiro atoms. The van der Waals surface area contributed by atoms with Gasteiger partial charge in [0, 0.05) is 0 Å². The molecule has 3 heterocycles. The van der Waals surface area contributed by atoms with Crippen LogP contribution in [0, 0.1) is 0 Å². The second kappa shape index (κ2) is 2.76. The lowest BCUT2D eigenvalue weighted by atomic mass is 10.2. The maximum absolute atomic E-state index is 10.8. The van der Waals surface area contributed by atoms with E-state index < -0.39 is 5.97 Å². The first kappa shape index (κ1) is 8.36. The third kappa shape index (κ3) is 1.05. The number of fused-ring (bicyclic) bond motifs is 3. The number of anilines is 1. The quantitative estimate of drug-likeness (QED) is 0.739. The number of carboxylic acid groups (broad SMARTS) is 1. The highest BCUT2D eigenvalue weighted by Crippen LogP contribution is 2.38. The van der Waals surface area contributed by atoms with Crippen molar-refractivity contribution >= 4 is 23.2 Å². The Bertz CT molecular complexity index is 546. The van der Waals surface area contributed by atoms with Crippen LogP contribution in [0.3, 0.4) is 0 Å². The minimum absolute atomic E-state index is 0.107. The van der Waals surface area contributed by atoms with Crippen molar-refractivity contribution in [1.29, 1.82) is 0 Å². The van der Waals surface area contributed by atoms with Gasteiger partial charge in [-0.15, -0.1) is 5.10 Å². The van der Waals surface area contributed by atoms with E-state index in [0.717, 1.165) is 10.6 Å². The second-order valence-electron chi connectivity index (χ2n) is 2.94. The fraction of sp³-hybridized carbons (Fsp3) is 0.143. The molecule has 7 nitrogen and oxygen atoms in total. The van der Waals surface area contributed by atoms with Crippen molar-refractivity contribution in [3.8, 4) is 10.6 Å². The molecule has 0 amide bonds. The molecule has 8 heteroatoms. The lowest BCUT2D eigenvalue weighted by Gasteiger charge is -2.09. The number of nitrogens with zero attached hydrogens (tertiary/aromatic N) is 3. The highest BCUT2D eigenvalue weighted by atomic mass is 32.1. The SMILES string of the molecule is O=C(O)c1noc2c1NCc1nnsc1-2. The molecule has 0 atom stereocenters. The van der Waals surface area contributed by atoms with Gasteiger partial charge < -0.3 is 14.9 Å². The summed E-state index contributed by atoms with van der Waals surface area (Å²) in [5.41, 5.74) is 1.05. The number of hydrogen-bond donors (Lipinski definition) is 2. The Kier molecular flexibility index (Phi) is 1.54. The Morgan fingerprint density at radius 3 is 3.27 bits per heavy atom. The first-order valence-electron chi connectivity index (χ1n) is 4.06. The van der Waals surface area contributed by atoms with Crippen LogP contribution in [0.1, 0.15) is 16.2 Å². The van der Waals surface area contributed by atoms with Crippen molar-refractivity contribution in [1.82, 2.24) is 14.7 Å². The van der Waals surface area contributed by atoms with Crippen LogP contribution in [0.25, 0.3) is 10.6 Å². The van der Waals surface area contributed by atoms with E-state index in [-0.39, 0.29) is 5.69 Å². The summed E-state index contributed by atoms with van der Waals surface area (Å²) in [6.45, 7) is 0.445. The molecule has 0 unspecified atom stereocenters. The number of hydrogen-bond acceptors (Lipinski definition) is 7. The summed E-state index contributed by atoms with van der Waals surface area (Å²) in [5, 5.41) is 19.1. The summed E-state index contributed by atoms with van der Waals surface area (Å²) in [4.78, 5) is 11.5. The van der Waals surface area contributed by atoms with Crippen LogP contribution in [0.4, 0.5) is 5.69 Å². The predicted molar refractivity (Wildman–Crippen MR) is 49.7 cm³/mol. The molecule has 2 N–H and O–H groups in total. The van der Waals surface area contributed by atoms with Crippen LogP contribution >= 0.6 is 11.5 Å². The van der Waals surface area contributed by atoms with Gasteiger partial charge in [0.05, 0.1) is 6.54 Å². The van der Waals surface area contributed by atoms with Crippen LogP contribution in [0.5, 0.6) is 0 Å². The number of rotatable bonds is 1. The summed E-state index contributed by atoms with van der Waals surface area (Å²) >= 11 is 1.17. The molecule has 2 aromatic rings. The molecule has 2 aromatic heterocycles. The van der Waals surface area contributed by atoms with Gasteiger partial charge in [0.2, 0.25) is 11.5 Å². The first-order chi connectivity index (χ1) is 7.27. The number of aromatic carboxylic acids is 1. The molecule has 0 saturated heterocycles. The van der Waals surface area contributed by atoms with Gasteiger partial charge in [0.25, 0.3) is 0 Å². The van der Waals surface area contributed by atoms with Crippen LogP contribution in [-0.2, 0) is 6.54 Å². The van der Waals surface area contributed by atoms with Crippen molar-refractivity contribution in [2.24, 2.45) is 0 Å². The Morgan fingerprint density at radius 2 is 2.47 bits per heavy atom. The summed E-state index contributed by atoms with van der Waals surface area (Å²) in [5.74, 6) is -0.711. The fourth-order valence-electron chi connectivity index (χ4n) is 1.42. The van der Waals surface area contributed by atoms with Gasteiger partial charge in [-0.25, -0.2) is 4.79 Å². The molecule has 0 bridgehead atoms. The van der Waals surface area contributed by atoms with Crippen molar-refractivity contribution in [3.63, 3.8) is 0 Å². The highest BCUT2D eigenvalue weighted by Gasteiger charge is 2.29. The van der Waals surface area contributed by atoms with Crippen LogP contribution in [-0.4, -0.2) is 25.8 Å². The molecule has 0 radical (unpaired) electrons. The van der Waals surface area contributed by atoms with Crippen molar-refractivity contribution in [3.05, 3.63) is 11.4 Å². The van der Waals surface area contributed by atoms with Crippen LogP contribution < -0.4 is 5.32 Å². The first-order valence-corrected chi connectivity index (χ1v) is 4.83. The van der Waals surface area contributed by atoms with Crippen LogP contribution in [0.2, 0.25) is 0 Å². The van der Waals surface area contributed by atoms with E-state index in [1.807, 2.05) is 0 Å². The summed E-state index contributed by atoms with van der Waals surface area (Å²) in [6, 6.07) is 0. The van der Waals surface area contributed by atoms with E-state index in [0.29, 0.717) is 18.0 Å².